The summed E-state index contributed by atoms with van der Waals surface area (Å²) in [5.41, 5.74) is 0. The fourth-order valence-corrected chi connectivity index (χ4v) is 0.303. The Morgan fingerprint density at radius 1 is 1.89 bits per heavy atom. The van der Waals surface area contributed by atoms with E-state index < -0.39 is 0 Å². The summed E-state index contributed by atoms with van der Waals surface area (Å²) < 4.78 is 0.444. The monoisotopic (exact) mass is 152 g/mol. The van der Waals surface area contributed by atoms with Crippen LogP contribution in [-0.4, -0.2) is 22.5 Å². The van der Waals surface area contributed by atoms with Gasteiger partial charge in [0.25, 0.3) is 0 Å². The van der Waals surface area contributed by atoms with E-state index in [9.17, 15) is 5.21 Å². The number of nitrogens with zero attached hydrogens (tertiary/aromatic N) is 2. The second-order valence-corrected chi connectivity index (χ2v) is 1.30. The van der Waals surface area contributed by atoms with Crippen LogP contribution in [0.25, 0.3) is 0 Å². The Bertz CT molecular complexity index is 124. The zero-order chi connectivity index (χ0) is 6.41. The van der Waals surface area contributed by atoms with E-state index in [-0.39, 0.29) is 13.8 Å². The number of hydrogen-bond acceptors (Lipinski definition) is 3. The van der Waals surface area contributed by atoms with Crippen molar-refractivity contribution in [2.24, 2.45) is 5.16 Å². The van der Waals surface area contributed by atoms with E-state index in [4.69, 9.17) is 5.21 Å². The summed E-state index contributed by atoms with van der Waals surface area (Å²) in [7, 11) is 0. The molecule has 5 heteroatoms. The highest BCUT2D eigenvalue weighted by Crippen LogP contribution is 1.73. The van der Waals surface area contributed by atoms with Crippen LogP contribution in [0, 0.1) is 5.21 Å². The number of hydroxylamine groups is 1. The van der Waals surface area contributed by atoms with Gasteiger partial charge in [0.15, 0.2) is 0 Å². The average Bonchev–Trinajstić information content (AvgIpc) is 1.68. The van der Waals surface area contributed by atoms with Crippen molar-refractivity contribution < 1.29 is 23.8 Å². The molecular formula is C4H9ClN2O2. The zero-order valence-corrected chi connectivity index (χ0v) is 5.80. The van der Waals surface area contributed by atoms with Crippen LogP contribution in [0.5, 0.6) is 0 Å². The normalized spacial score (nSPS) is 6.78. The standard InChI is InChI=1S/C4H8N2O2.ClH/c1-2-3-6(8)4-5-7;/h7H,2-3H2,1H3;1H. The topological polar surface area (TPSA) is 58.7 Å². The van der Waals surface area contributed by atoms with Crippen molar-refractivity contribution >= 4 is 6.01 Å². The van der Waals surface area contributed by atoms with Crippen LogP contribution >= 0.6 is 0 Å². The molecule has 0 saturated heterocycles. The second-order valence-electron chi connectivity index (χ2n) is 1.30. The molecule has 54 valence electrons. The molecule has 4 nitrogen and oxygen atoms in total. The minimum absolute atomic E-state index is 0. The molecule has 0 aromatic rings. The van der Waals surface area contributed by atoms with Crippen LogP contribution in [0.15, 0.2) is 5.16 Å². The molecule has 0 aromatic heterocycles. The van der Waals surface area contributed by atoms with Crippen LogP contribution in [0.4, 0.5) is 0 Å². The van der Waals surface area contributed by atoms with E-state index in [1.807, 2.05) is 6.92 Å². The van der Waals surface area contributed by atoms with Crippen molar-refractivity contribution in [1.82, 2.24) is 0 Å². The van der Waals surface area contributed by atoms with Crippen molar-refractivity contribution in [3.63, 3.8) is 0 Å². The van der Waals surface area contributed by atoms with Gasteiger partial charge in [-0.3, -0.25) is 0 Å². The lowest BCUT2D eigenvalue weighted by molar-refractivity contribution is -0.451. The Balaban J connectivity index is -0.000000245. The molecular weight excluding hydrogens is 144 g/mol. The molecule has 0 atom stereocenters. The molecule has 0 aromatic carbocycles. The quantitative estimate of drug-likeness (QED) is 0.158. The first kappa shape index (κ1) is 11.1. The maximum Gasteiger partial charge on any atom is 1.00 e. The average molecular weight is 153 g/mol. The minimum atomic E-state index is 0. The molecule has 0 fully saturated rings. The molecule has 0 aliphatic heterocycles. The summed E-state index contributed by atoms with van der Waals surface area (Å²) in [4.78, 5) is 0. The largest absolute Gasteiger partial charge is 1.00 e. The fourth-order valence-electron chi connectivity index (χ4n) is 0.303. The van der Waals surface area contributed by atoms with Crippen molar-refractivity contribution in [3.05, 3.63) is 5.21 Å². The lowest BCUT2D eigenvalue weighted by atomic mass is 10.5. The second kappa shape index (κ2) is 7.27. The van der Waals surface area contributed by atoms with E-state index in [1.54, 1.807) is 6.01 Å². The van der Waals surface area contributed by atoms with Gasteiger partial charge in [0.1, 0.15) is 0 Å². The molecule has 0 unspecified atom stereocenters. The third kappa shape index (κ3) is 7.27. The fraction of sp³-hybridized carbons (Fsp3) is 0.750. The van der Waals surface area contributed by atoms with Crippen LogP contribution in [0.1, 0.15) is 14.8 Å². The highest BCUT2D eigenvalue weighted by atomic mass is 35.5. The van der Waals surface area contributed by atoms with Gasteiger partial charge in [-0.15, -0.1) is 0 Å². The smallest absolute Gasteiger partial charge is 1.00 e. The predicted octanol–water partition coefficient (Wildman–Crippen LogP) is -2.41. The third-order valence-electron chi connectivity index (χ3n) is 0.583. The lowest BCUT2D eigenvalue weighted by Crippen LogP contribution is -3.00. The molecule has 0 aliphatic rings. The van der Waals surface area contributed by atoms with Crippen LogP contribution < -0.4 is 12.4 Å². The van der Waals surface area contributed by atoms with Crippen molar-refractivity contribution in [2.75, 3.05) is 6.54 Å². The molecule has 0 radical (unpaired) electrons. The predicted molar refractivity (Wildman–Crippen MR) is 29.1 cm³/mol. The Morgan fingerprint density at radius 2 is 2.44 bits per heavy atom. The van der Waals surface area contributed by atoms with Crippen molar-refractivity contribution in [2.45, 2.75) is 13.3 Å². The Kier molecular flexibility index (Phi) is 8.98. The lowest BCUT2D eigenvalue weighted by Gasteiger charge is -1.98. The molecule has 0 amide bonds. The number of halogens is 1. The Labute approximate surface area is 61.0 Å². The summed E-state index contributed by atoms with van der Waals surface area (Å²) in [5, 5.41) is 20.3. The van der Waals surface area contributed by atoms with Gasteiger partial charge < -0.3 is 22.8 Å². The van der Waals surface area contributed by atoms with E-state index in [0.717, 1.165) is 6.42 Å². The molecule has 1 N–H and O–H groups in total. The first-order valence-corrected chi connectivity index (χ1v) is 2.35. The number of rotatable bonds is 2. The highest BCUT2D eigenvalue weighted by molar-refractivity contribution is 5.32. The first-order chi connectivity index (χ1) is 3.81. The molecule has 0 heterocycles. The number of hydrogen-bond donors (Lipinski definition) is 1. The van der Waals surface area contributed by atoms with Gasteiger partial charge in [0.05, 0.1) is 6.54 Å². The zero-order valence-electron chi connectivity index (χ0n) is 6.04. The maximum atomic E-state index is 10.2. The van der Waals surface area contributed by atoms with Crippen LogP contribution in [0.2, 0.25) is 0 Å². The summed E-state index contributed by atoms with van der Waals surface area (Å²) in [6.07, 6.45) is 0.728. The third-order valence-corrected chi connectivity index (χ3v) is 0.583. The van der Waals surface area contributed by atoms with Gasteiger partial charge in [-0.05, 0) is 6.42 Å². The van der Waals surface area contributed by atoms with Crippen LogP contribution in [-0.2, 0) is 0 Å². The van der Waals surface area contributed by atoms with Gasteiger partial charge in [-0.2, -0.15) is 0 Å². The maximum absolute atomic E-state index is 10.2. The van der Waals surface area contributed by atoms with Gasteiger partial charge >= 0.3 is 7.44 Å². The minimum Gasteiger partial charge on any atom is -1.00 e. The van der Waals surface area contributed by atoms with E-state index in [2.05, 4.69) is 5.16 Å². The van der Waals surface area contributed by atoms with Crippen molar-refractivity contribution in [3.8, 4) is 0 Å². The summed E-state index contributed by atoms with van der Waals surface area (Å²) in [6, 6.07) is 1.80. The molecule has 0 saturated carbocycles. The molecule has 0 aliphatic carbocycles. The SMILES string of the molecule is CCC[N+]([O-])=C=NO.[Cl-].[H+]. The first-order valence-electron chi connectivity index (χ1n) is 2.35. The van der Waals surface area contributed by atoms with Crippen LogP contribution in [0.3, 0.4) is 0 Å². The van der Waals surface area contributed by atoms with Gasteiger partial charge in [0.2, 0.25) is 5.16 Å². The van der Waals surface area contributed by atoms with Gasteiger partial charge in [-0.25, -0.2) is 4.74 Å². The highest BCUT2D eigenvalue weighted by Gasteiger charge is 1.80. The Hall–Kier alpha value is -0.730. The Morgan fingerprint density at radius 3 is 2.78 bits per heavy atom. The molecule has 0 bridgehead atoms. The summed E-state index contributed by atoms with van der Waals surface area (Å²) in [5.74, 6) is 0. The molecule has 0 rings (SSSR count). The molecule has 0 spiro atoms. The summed E-state index contributed by atoms with van der Waals surface area (Å²) in [6.45, 7) is 2.17. The summed E-state index contributed by atoms with van der Waals surface area (Å²) >= 11 is 0. The molecule has 9 heavy (non-hydrogen) atoms. The van der Waals surface area contributed by atoms with E-state index >= 15 is 0 Å². The van der Waals surface area contributed by atoms with Crippen molar-refractivity contribution in [1.29, 1.82) is 0 Å². The van der Waals surface area contributed by atoms with Gasteiger partial charge in [-0.1, -0.05) is 6.92 Å². The van der Waals surface area contributed by atoms with Gasteiger partial charge in [0, 0.05) is 0 Å². The van der Waals surface area contributed by atoms with E-state index in [0.29, 0.717) is 11.3 Å². The van der Waals surface area contributed by atoms with E-state index in [1.165, 1.54) is 0 Å².